The quantitative estimate of drug-likeness (QED) is 0.323. The van der Waals surface area contributed by atoms with Crippen LogP contribution in [0.5, 0.6) is 0 Å². The summed E-state index contributed by atoms with van der Waals surface area (Å²) in [5.74, 6) is -0.878. The van der Waals surface area contributed by atoms with Crippen LogP contribution in [-0.4, -0.2) is 12.5 Å². The van der Waals surface area contributed by atoms with Gasteiger partial charge >= 0.3 is 6.18 Å². The minimum atomic E-state index is -4.49. The van der Waals surface area contributed by atoms with E-state index in [2.05, 4.69) is 5.32 Å². The van der Waals surface area contributed by atoms with Crippen LogP contribution in [-0.2, 0) is 16.4 Å². The van der Waals surface area contributed by atoms with Crippen LogP contribution in [0.15, 0.2) is 78.9 Å². The van der Waals surface area contributed by atoms with E-state index in [1.165, 1.54) is 36.4 Å². The lowest BCUT2D eigenvalue weighted by Crippen LogP contribution is -2.46. The number of halogens is 4. The van der Waals surface area contributed by atoms with Gasteiger partial charge < -0.3 is 5.32 Å². The molecule has 0 aliphatic rings. The summed E-state index contributed by atoms with van der Waals surface area (Å²) in [4.78, 5) is 13.4. The normalized spacial score (nSPS) is 12.3. The summed E-state index contributed by atoms with van der Waals surface area (Å²) in [5.41, 5.74) is -0.865. The number of likely N-dealkylation sites (N-methyl/N-ethyl adjacent to an activating group) is 1. The van der Waals surface area contributed by atoms with Crippen LogP contribution >= 0.6 is 0 Å². The van der Waals surface area contributed by atoms with Crippen molar-refractivity contribution in [1.82, 2.24) is 5.32 Å². The molecule has 1 unspecified atom stereocenters. The average Bonchev–Trinajstić information content (AvgIpc) is 2.71. The maximum atomic E-state index is 13.6. The van der Waals surface area contributed by atoms with Gasteiger partial charge in [-0.3, -0.25) is 4.79 Å². The summed E-state index contributed by atoms with van der Waals surface area (Å²) in [6.07, 6.45) is -4.49. The van der Waals surface area contributed by atoms with Crippen molar-refractivity contribution in [3.63, 3.8) is 0 Å². The predicted molar refractivity (Wildman–Crippen MR) is 123 cm³/mol. The van der Waals surface area contributed by atoms with Gasteiger partial charge in [0.05, 0.1) is 5.56 Å². The summed E-state index contributed by atoms with van der Waals surface area (Å²) in [5, 5.41) is 2.79. The number of hydrogen-bond acceptors (Lipinski definition) is 1. The first-order valence-electron chi connectivity index (χ1n) is 9.07. The van der Waals surface area contributed by atoms with Gasteiger partial charge in [-0.15, -0.1) is 0 Å². The molecule has 3 aromatic carbocycles. The summed E-state index contributed by atoms with van der Waals surface area (Å²) in [6.45, 7) is 2.08. The first kappa shape index (κ1) is 28.9. The Labute approximate surface area is 188 Å². The van der Waals surface area contributed by atoms with Crippen molar-refractivity contribution in [3.05, 3.63) is 107 Å². The molecule has 174 valence electrons. The largest absolute Gasteiger partial charge is 0.416 e. The summed E-state index contributed by atoms with van der Waals surface area (Å²) < 4.78 is 52.8. The van der Waals surface area contributed by atoms with Crippen molar-refractivity contribution in [2.75, 3.05) is 6.54 Å². The van der Waals surface area contributed by atoms with Gasteiger partial charge in [0.15, 0.2) is 0 Å². The van der Waals surface area contributed by atoms with E-state index in [1.54, 1.807) is 37.3 Å². The van der Waals surface area contributed by atoms with Crippen molar-refractivity contribution in [2.24, 2.45) is 0 Å². The minimum Gasteiger partial charge on any atom is -0.355 e. The van der Waals surface area contributed by atoms with E-state index >= 15 is 0 Å². The van der Waals surface area contributed by atoms with Crippen LogP contribution in [0.3, 0.4) is 0 Å². The molecule has 0 saturated heterocycles. The fourth-order valence-electron chi connectivity index (χ4n) is 3.48. The lowest BCUT2D eigenvalue weighted by molar-refractivity contribution is -0.137. The molecule has 32 heavy (non-hydrogen) atoms. The number of carbonyl (C=O) groups excluding carboxylic acids is 1. The second-order valence-electron chi connectivity index (χ2n) is 6.56. The zero-order chi connectivity index (χ0) is 21.1. The second kappa shape index (κ2) is 11.5. The highest BCUT2D eigenvalue weighted by atomic mass is 19.4. The van der Waals surface area contributed by atoms with E-state index in [-0.39, 0.29) is 22.3 Å². The van der Waals surface area contributed by atoms with Crippen molar-refractivity contribution in [1.29, 1.82) is 0 Å². The fourth-order valence-corrected chi connectivity index (χ4v) is 3.48. The van der Waals surface area contributed by atoms with E-state index in [1.807, 2.05) is 0 Å². The van der Waals surface area contributed by atoms with Gasteiger partial charge in [-0.05, 0) is 47.9 Å². The molecule has 2 nitrogen and oxygen atoms in total. The minimum absolute atomic E-state index is 0. The van der Waals surface area contributed by atoms with E-state index < -0.39 is 28.9 Å². The lowest BCUT2D eigenvalue weighted by atomic mass is 9.68. The molecule has 0 spiro atoms. The van der Waals surface area contributed by atoms with Gasteiger partial charge in [-0.1, -0.05) is 76.9 Å². The molecule has 1 atom stereocenters. The number of alkyl halides is 3. The molecule has 0 aliphatic heterocycles. The highest BCUT2D eigenvalue weighted by molar-refractivity contribution is 5.96. The SMILES string of the molecule is C.C.C.CCNC(=O)C(c1ccccc1)(c1ccc(F)cc1)c1ccc(C(F)(F)F)cc1. The lowest BCUT2D eigenvalue weighted by Gasteiger charge is -2.34. The third kappa shape index (κ3) is 5.36. The molecule has 0 fully saturated rings. The van der Waals surface area contributed by atoms with Crippen molar-refractivity contribution >= 4 is 5.91 Å². The Bertz CT molecular complexity index is 967. The standard InChI is InChI=1S/C23H19F4NO.3CH4/c1-2-28-21(29)22(16-6-4-3-5-7-16,18-12-14-20(24)15-13-18)17-8-10-19(11-9-17)23(25,26)27;;;/h3-15H,2H2,1H3,(H,28,29);3*1H4. The van der Waals surface area contributed by atoms with Gasteiger partial charge in [0.2, 0.25) is 5.91 Å². The number of carbonyl (C=O) groups is 1. The van der Waals surface area contributed by atoms with Gasteiger partial charge in [0.25, 0.3) is 0 Å². The zero-order valence-corrected chi connectivity index (χ0v) is 15.6. The van der Waals surface area contributed by atoms with Gasteiger partial charge in [0.1, 0.15) is 11.2 Å². The third-order valence-corrected chi connectivity index (χ3v) is 4.81. The first-order chi connectivity index (χ1) is 13.8. The van der Waals surface area contributed by atoms with Crippen LogP contribution in [0.4, 0.5) is 17.6 Å². The van der Waals surface area contributed by atoms with Crippen molar-refractivity contribution in [3.8, 4) is 0 Å². The molecular weight excluding hydrogens is 418 g/mol. The smallest absolute Gasteiger partial charge is 0.355 e. The van der Waals surface area contributed by atoms with Gasteiger partial charge in [0, 0.05) is 6.54 Å². The van der Waals surface area contributed by atoms with Crippen LogP contribution in [0.25, 0.3) is 0 Å². The molecule has 0 aliphatic carbocycles. The topological polar surface area (TPSA) is 29.1 Å². The van der Waals surface area contributed by atoms with Crippen molar-refractivity contribution in [2.45, 2.75) is 40.8 Å². The fraction of sp³-hybridized carbons (Fsp3) is 0.269. The monoisotopic (exact) mass is 449 g/mol. The summed E-state index contributed by atoms with van der Waals surface area (Å²) in [7, 11) is 0. The first-order valence-corrected chi connectivity index (χ1v) is 9.07. The molecule has 0 aromatic heterocycles. The number of benzene rings is 3. The highest BCUT2D eigenvalue weighted by Crippen LogP contribution is 2.41. The molecule has 1 amide bonds. The molecule has 0 heterocycles. The molecule has 0 saturated carbocycles. The van der Waals surface area contributed by atoms with Crippen molar-refractivity contribution < 1.29 is 22.4 Å². The van der Waals surface area contributed by atoms with E-state index in [0.29, 0.717) is 23.2 Å². The molecule has 6 heteroatoms. The Hall–Kier alpha value is -3.15. The molecule has 0 radical (unpaired) electrons. The maximum absolute atomic E-state index is 13.6. The maximum Gasteiger partial charge on any atom is 0.416 e. The summed E-state index contributed by atoms with van der Waals surface area (Å²) in [6, 6.07) is 18.7. The second-order valence-corrected chi connectivity index (χ2v) is 6.56. The highest BCUT2D eigenvalue weighted by Gasteiger charge is 2.44. The van der Waals surface area contributed by atoms with Gasteiger partial charge in [-0.2, -0.15) is 13.2 Å². The van der Waals surface area contributed by atoms with E-state index in [4.69, 9.17) is 0 Å². The Kier molecular flexibility index (Phi) is 10.3. The Morgan fingerprint density at radius 2 is 1.12 bits per heavy atom. The Morgan fingerprint density at radius 1 is 0.719 bits per heavy atom. The molecule has 0 bridgehead atoms. The van der Waals surface area contributed by atoms with Crippen LogP contribution in [0.1, 0.15) is 51.5 Å². The molecule has 3 aromatic rings. The molecule has 1 N–H and O–H groups in total. The third-order valence-electron chi connectivity index (χ3n) is 4.81. The van der Waals surface area contributed by atoms with Crippen LogP contribution in [0.2, 0.25) is 0 Å². The number of rotatable bonds is 5. The molecule has 3 rings (SSSR count). The average molecular weight is 450 g/mol. The van der Waals surface area contributed by atoms with E-state index in [9.17, 15) is 22.4 Å². The zero-order valence-electron chi connectivity index (χ0n) is 15.6. The predicted octanol–water partition coefficient (Wildman–Crippen LogP) is 7.22. The van der Waals surface area contributed by atoms with Crippen LogP contribution in [0, 0.1) is 5.82 Å². The van der Waals surface area contributed by atoms with Gasteiger partial charge in [-0.25, -0.2) is 4.39 Å². The van der Waals surface area contributed by atoms with Crippen LogP contribution < -0.4 is 5.32 Å². The number of nitrogens with one attached hydrogen (secondary N) is 1. The number of amides is 1. The molecular formula is C26H31F4NO. The number of hydrogen-bond donors (Lipinski definition) is 1. The Morgan fingerprint density at radius 3 is 1.56 bits per heavy atom. The Balaban J connectivity index is 0.00000320. The summed E-state index contributed by atoms with van der Waals surface area (Å²) >= 11 is 0. The van der Waals surface area contributed by atoms with E-state index in [0.717, 1.165) is 12.1 Å².